The molecule has 0 atom stereocenters. The molecular formula is C14H16BrFN4. The van der Waals surface area contributed by atoms with Crippen LogP contribution in [0.1, 0.15) is 13.8 Å². The van der Waals surface area contributed by atoms with Crippen molar-refractivity contribution in [1.82, 2.24) is 9.97 Å². The fourth-order valence-corrected chi connectivity index (χ4v) is 1.95. The van der Waals surface area contributed by atoms with Crippen LogP contribution in [0.4, 0.5) is 10.3 Å². The molecule has 20 heavy (non-hydrogen) atoms. The SMILES string of the molecule is CC(C)(N)CNc1ncc(-c2cc(Br)ccc2F)cn1. The lowest BCUT2D eigenvalue weighted by Crippen LogP contribution is -2.39. The molecule has 0 fully saturated rings. The van der Waals surface area contributed by atoms with Crippen molar-refractivity contribution in [3.8, 4) is 11.1 Å². The van der Waals surface area contributed by atoms with Gasteiger partial charge in [0.25, 0.3) is 0 Å². The number of hydrogen-bond acceptors (Lipinski definition) is 4. The average molecular weight is 339 g/mol. The molecule has 4 nitrogen and oxygen atoms in total. The van der Waals surface area contributed by atoms with Crippen LogP contribution in [0.3, 0.4) is 0 Å². The number of aromatic nitrogens is 2. The fraction of sp³-hybridized carbons (Fsp3) is 0.286. The Kier molecular flexibility index (Phi) is 4.35. The van der Waals surface area contributed by atoms with Gasteiger partial charge in [0, 0.05) is 40.1 Å². The van der Waals surface area contributed by atoms with Crippen LogP contribution < -0.4 is 11.1 Å². The van der Waals surface area contributed by atoms with Crippen molar-refractivity contribution in [2.75, 3.05) is 11.9 Å². The first-order valence-corrected chi connectivity index (χ1v) is 6.95. The molecule has 0 saturated heterocycles. The van der Waals surface area contributed by atoms with Gasteiger partial charge >= 0.3 is 0 Å². The number of hydrogen-bond donors (Lipinski definition) is 2. The van der Waals surface area contributed by atoms with E-state index < -0.39 is 0 Å². The molecule has 0 aliphatic heterocycles. The van der Waals surface area contributed by atoms with E-state index in [1.807, 2.05) is 13.8 Å². The molecule has 0 spiro atoms. The molecule has 1 heterocycles. The highest BCUT2D eigenvalue weighted by molar-refractivity contribution is 9.10. The number of benzene rings is 1. The monoisotopic (exact) mass is 338 g/mol. The number of nitrogens with two attached hydrogens (primary N) is 1. The van der Waals surface area contributed by atoms with Crippen molar-refractivity contribution in [3.63, 3.8) is 0 Å². The maximum atomic E-state index is 13.8. The highest BCUT2D eigenvalue weighted by Gasteiger charge is 2.11. The molecule has 0 bridgehead atoms. The van der Waals surface area contributed by atoms with Crippen molar-refractivity contribution in [2.45, 2.75) is 19.4 Å². The highest BCUT2D eigenvalue weighted by atomic mass is 79.9. The van der Waals surface area contributed by atoms with E-state index in [9.17, 15) is 4.39 Å². The van der Waals surface area contributed by atoms with Gasteiger partial charge in [0.2, 0.25) is 5.95 Å². The smallest absolute Gasteiger partial charge is 0.222 e. The predicted octanol–water partition coefficient (Wildman–Crippen LogP) is 3.19. The Morgan fingerprint density at radius 1 is 1.30 bits per heavy atom. The summed E-state index contributed by atoms with van der Waals surface area (Å²) in [6.07, 6.45) is 3.17. The summed E-state index contributed by atoms with van der Waals surface area (Å²) in [5.41, 5.74) is 6.61. The van der Waals surface area contributed by atoms with Crippen LogP contribution in [0.25, 0.3) is 11.1 Å². The normalized spacial score (nSPS) is 11.4. The number of nitrogens with zero attached hydrogens (tertiary/aromatic N) is 2. The van der Waals surface area contributed by atoms with Crippen molar-refractivity contribution < 1.29 is 4.39 Å². The average Bonchev–Trinajstić information content (AvgIpc) is 2.39. The van der Waals surface area contributed by atoms with Crippen LogP contribution in [0.15, 0.2) is 35.1 Å². The third-order valence-electron chi connectivity index (χ3n) is 2.59. The van der Waals surface area contributed by atoms with Crippen LogP contribution >= 0.6 is 15.9 Å². The zero-order chi connectivity index (χ0) is 14.8. The molecule has 106 valence electrons. The first-order chi connectivity index (χ1) is 9.35. The first-order valence-electron chi connectivity index (χ1n) is 6.15. The van der Waals surface area contributed by atoms with Gasteiger partial charge in [-0.25, -0.2) is 14.4 Å². The van der Waals surface area contributed by atoms with Gasteiger partial charge in [-0.2, -0.15) is 0 Å². The summed E-state index contributed by atoms with van der Waals surface area (Å²) in [5, 5.41) is 3.04. The second-order valence-electron chi connectivity index (χ2n) is 5.26. The third kappa shape index (κ3) is 3.98. The Labute approximate surface area is 125 Å². The molecule has 6 heteroatoms. The summed E-state index contributed by atoms with van der Waals surface area (Å²) in [4.78, 5) is 8.34. The van der Waals surface area contributed by atoms with Gasteiger partial charge in [0.15, 0.2) is 0 Å². The number of rotatable bonds is 4. The van der Waals surface area contributed by atoms with Gasteiger partial charge in [-0.3, -0.25) is 0 Å². The lowest BCUT2D eigenvalue weighted by Gasteiger charge is -2.18. The van der Waals surface area contributed by atoms with Crippen molar-refractivity contribution in [2.24, 2.45) is 5.73 Å². The van der Waals surface area contributed by atoms with Crippen LogP contribution in [0, 0.1) is 5.82 Å². The summed E-state index contributed by atoms with van der Waals surface area (Å²) in [6.45, 7) is 4.37. The van der Waals surface area contributed by atoms with Gasteiger partial charge in [0.1, 0.15) is 5.82 Å². The van der Waals surface area contributed by atoms with Gasteiger partial charge in [0.05, 0.1) is 0 Å². The number of anilines is 1. The van der Waals surface area contributed by atoms with E-state index in [-0.39, 0.29) is 11.4 Å². The second kappa shape index (κ2) is 5.85. The Balaban J connectivity index is 2.18. The summed E-state index contributed by atoms with van der Waals surface area (Å²) >= 11 is 3.32. The molecule has 0 amide bonds. The van der Waals surface area contributed by atoms with E-state index in [0.717, 1.165) is 4.47 Å². The predicted molar refractivity (Wildman–Crippen MR) is 81.9 cm³/mol. The van der Waals surface area contributed by atoms with Crippen molar-refractivity contribution >= 4 is 21.9 Å². The fourth-order valence-electron chi connectivity index (χ4n) is 1.58. The van der Waals surface area contributed by atoms with E-state index in [0.29, 0.717) is 23.6 Å². The first kappa shape index (κ1) is 14.9. The molecule has 0 aliphatic carbocycles. The van der Waals surface area contributed by atoms with Gasteiger partial charge in [-0.1, -0.05) is 15.9 Å². The minimum atomic E-state index is -0.349. The highest BCUT2D eigenvalue weighted by Crippen LogP contribution is 2.25. The van der Waals surface area contributed by atoms with Crippen LogP contribution in [-0.4, -0.2) is 22.1 Å². The Morgan fingerprint density at radius 3 is 2.55 bits per heavy atom. The standard InChI is InChI=1S/C14H16BrFN4/c1-14(2,17)8-20-13-18-6-9(7-19-13)11-5-10(15)3-4-12(11)16/h3-7H,8,17H2,1-2H3,(H,18,19,20). The minimum Gasteiger partial charge on any atom is -0.352 e. The van der Waals surface area contributed by atoms with Gasteiger partial charge in [-0.05, 0) is 32.0 Å². The van der Waals surface area contributed by atoms with E-state index >= 15 is 0 Å². The number of halogens is 2. The Bertz CT molecular complexity index is 593. The van der Waals surface area contributed by atoms with E-state index in [2.05, 4.69) is 31.2 Å². The molecule has 1 aromatic carbocycles. The molecule has 1 aromatic heterocycles. The Hall–Kier alpha value is -1.53. The zero-order valence-corrected chi connectivity index (χ0v) is 12.9. The largest absolute Gasteiger partial charge is 0.352 e. The zero-order valence-electron chi connectivity index (χ0n) is 11.3. The summed E-state index contributed by atoms with van der Waals surface area (Å²) in [5.74, 6) is 0.170. The molecule has 0 radical (unpaired) electrons. The molecule has 0 saturated carbocycles. The van der Waals surface area contributed by atoms with Crippen LogP contribution in [0.5, 0.6) is 0 Å². The number of nitrogens with one attached hydrogen (secondary N) is 1. The molecule has 3 N–H and O–H groups in total. The second-order valence-corrected chi connectivity index (χ2v) is 6.18. The van der Waals surface area contributed by atoms with Crippen LogP contribution in [-0.2, 0) is 0 Å². The summed E-state index contributed by atoms with van der Waals surface area (Å²) in [7, 11) is 0. The molecule has 0 aliphatic rings. The summed E-state index contributed by atoms with van der Waals surface area (Å²) < 4.78 is 14.6. The molecule has 2 rings (SSSR count). The van der Waals surface area contributed by atoms with Crippen LogP contribution in [0.2, 0.25) is 0 Å². The molecule has 2 aromatic rings. The van der Waals surface area contributed by atoms with E-state index in [1.165, 1.54) is 6.07 Å². The third-order valence-corrected chi connectivity index (χ3v) is 3.09. The van der Waals surface area contributed by atoms with Gasteiger partial charge in [-0.15, -0.1) is 0 Å². The summed E-state index contributed by atoms with van der Waals surface area (Å²) in [6, 6.07) is 4.76. The van der Waals surface area contributed by atoms with E-state index in [4.69, 9.17) is 5.73 Å². The lowest BCUT2D eigenvalue weighted by molar-refractivity contribution is 0.547. The topological polar surface area (TPSA) is 63.8 Å². The maximum absolute atomic E-state index is 13.8. The van der Waals surface area contributed by atoms with E-state index in [1.54, 1.807) is 24.5 Å². The van der Waals surface area contributed by atoms with Crippen molar-refractivity contribution in [1.29, 1.82) is 0 Å². The quantitative estimate of drug-likeness (QED) is 0.898. The Morgan fingerprint density at radius 2 is 1.95 bits per heavy atom. The molecule has 0 unspecified atom stereocenters. The molecular weight excluding hydrogens is 323 g/mol. The van der Waals surface area contributed by atoms with Gasteiger partial charge < -0.3 is 11.1 Å². The lowest BCUT2D eigenvalue weighted by atomic mass is 10.1. The van der Waals surface area contributed by atoms with Crippen molar-refractivity contribution in [3.05, 3.63) is 40.9 Å². The minimum absolute atomic E-state index is 0.305. The maximum Gasteiger partial charge on any atom is 0.222 e.